The molecular formula is C28H39N5O2. The zero-order valence-electron chi connectivity index (χ0n) is 21.0. The molecule has 2 aliphatic heterocycles. The van der Waals surface area contributed by atoms with Crippen LogP contribution in [0.4, 0.5) is 5.69 Å². The van der Waals surface area contributed by atoms with E-state index < -0.39 is 6.10 Å². The van der Waals surface area contributed by atoms with E-state index in [0.29, 0.717) is 42.0 Å². The van der Waals surface area contributed by atoms with E-state index in [1.807, 2.05) is 35.2 Å². The van der Waals surface area contributed by atoms with Crippen LogP contribution in [0.3, 0.4) is 0 Å². The van der Waals surface area contributed by atoms with Crippen LogP contribution in [-0.2, 0) is 11.3 Å². The van der Waals surface area contributed by atoms with E-state index in [2.05, 4.69) is 18.7 Å². The fourth-order valence-electron chi connectivity index (χ4n) is 5.41. The number of benzene rings is 2. The molecule has 1 saturated heterocycles. The van der Waals surface area contributed by atoms with Gasteiger partial charge in [-0.05, 0) is 69.8 Å². The molecule has 0 aliphatic carbocycles. The van der Waals surface area contributed by atoms with Crippen molar-refractivity contribution in [1.29, 1.82) is 5.41 Å². The second kappa shape index (κ2) is 11.2. The molecule has 7 heteroatoms. The van der Waals surface area contributed by atoms with Gasteiger partial charge in [-0.15, -0.1) is 0 Å². The van der Waals surface area contributed by atoms with Gasteiger partial charge in [0.2, 0.25) is 6.10 Å². The van der Waals surface area contributed by atoms with Crippen LogP contribution in [0.1, 0.15) is 75.2 Å². The molecule has 1 amide bonds. The fraction of sp³-hybridized carbons (Fsp3) is 0.500. The molecule has 188 valence electrons. The molecule has 5 N–H and O–H groups in total. The maximum atomic E-state index is 13.6. The minimum absolute atomic E-state index is 0.0303. The van der Waals surface area contributed by atoms with Gasteiger partial charge >= 0.3 is 0 Å². The lowest BCUT2D eigenvalue weighted by Gasteiger charge is -2.39. The van der Waals surface area contributed by atoms with Crippen LogP contribution in [-0.4, -0.2) is 41.8 Å². The predicted molar refractivity (Wildman–Crippen MR) is 141 cm³/mol. The maximum Gasteiger partial charge on any atom is 0.272 e. The molecule has 0 aromatic heterocycles. The van der Waals surface area contributed by atoms with Crippen LogP contribution in [0.2, 0.25) is 0 Å². The van der Waals surface area contributed by atoms with Crippen molar-refractivity contribution in [3.05, 3.63) is 59.2 Å². The summed E-state index contributed by atoms with van der Waals surface area (Å²) in [6, 6.07) is 14.3. The Morgan fingerprint density at radius 3 is 2.51 bits per heavy atom. The van der Waals surface area contributed by atoms with Crippen molar-refractivity contribution in [3.8, 4) is 5.75 Å². The molecule has 0 bridgehead atoms. The predicted octanol–water partition coefficient (Wildman–Crippen LogP) is 4.33. The summed E-state index contributed by atoms with van der Waals surface area (Å²) in [5.41, 5.74) is 14.6. The standard InChI is InChI=1S/C28H39N5O2/c1-19-8-6-9-20(2)32(19)14-4-3-5-15-33-24-16-21(18-29)12-13-25(24)35-26(28(33)34)22-10-7-11-23(17-22)27(30)31/h7,10-13,16-17,19-20,26H,3-6,8-9,14-15,18,29H2,1-2H3,(H3,30,31)/t19-,20+,26?. The van der Waals surface area contributed by atoms with Crippen LogP contribution < -0.4 is 21.1 Å². The van der Waals surface area contributed by atoms with Gasteiger partial charge in [0.15, 0.2) is 0 Å². The Bertz CT molecular complexity index is 1050. The van der Waals surface area contributed by atoms with E-state index in [1.165, 1.54) is 19.3 Å². The number of nitrogens with one attached hydrogen (secondary N) is 1. The number of piperidine rings is 1. The average molecular weight is 478 g/mol. The molecule has 1 unspecified atom stereocenters. The van der Waals surface area contributed by atoms with Gasteiger partial charge in [0.25, 0.3) is 5.91 Å². The monoisotopic (exact) mass is 477 g/mol. The molecular weight excluding hydrogens is 438 g/mol. The van der Waals surface area contributed by atoms with E-state index in [-0.39, 0.29) is 11.7 Å². The summed E-state index contributed by atoms with van der Waals surface area (Å²) in [6.07, 6.45) is 6.27. The fourth-order valence-corrected chi connectivity index (χ4v) is 5.41. The number of fused-ring (bicyclic) bond motifs is 1. The number of carbonyl (C=O) groups excluding carboxylic acids is 1. The third-order valence-electron chi connectivity index (χ3n) is 7.46. The van der Waals surface area contributed by atoms with Crippen molar-refractivity contribution in [2.75, 3.05) is 18.0 Å². The van der Waals surface area contributed by atoms with Crippen molar-refractivity contribution in [2.24, 2.45) is 11.5 Å². The van der Waals surface area contributed by atoms with Crippen LogP contribution in [0.5, 0.6) is 5.75 Å². The Hall–Kier alpha value is -2.90. The largest absolute Gasteiger partial charge is 0.474 e. The molecule has 0 radical (unpaired) electrons. The first-order chi connectivity index (χ1) is 16.9. The van der Waals surface area contributed by atoms with Gasteiger partial charge in [0.05, 0.1) is 5.69 Å². The summed E-state index contributed by atoms with van der Waals surface area (Å²) in [6.45, 7) is 6.85. The number of amidine groups is 1. The molecule has 1 fully saturated rings. The van der Waals surface area contributed by atoms with Crippen molar-refractivity contribution in [2.45, 2.75) is 77.1 Å². The Balaban J connectivity index is 1.47. The minimum Gasteiger partial charge on any atom is -0.474 e. The third kappa shape index (κ3) is 5.68. The highest BCUT2D eigenvalue weighted by atomic mass is 16.5. The minimum atomic E-state index is -0.763. The first-order valence-corrected chi connectivity index (χ1v) is 12.9. The van der Waals surface area contributed by atoms with Gasteiger partial charge in [-0.2, -0.15) is 0 Å². The van der Waals surface area contributed by atoms with Crippen LogP contribution >= 0.6 is 0 Å². The molecule has 3 atom stereocenters. The third-order valence-corrected chi connectivity index (χ3v) is 7.46. The quantitative estimate of drug-likeness (QED) is 0.283. The number of carbonyl (C=O) groups is 1. The van der Waals surface area contributed by atoms with E-state index in [0.717, 1.165) is 37.1 Å². The topological polar surface area (TPSA) is 109 Å². The van der Waals surface area contributed by atoms with Gasteiger partial charge in [0.1, 0.15) is 11.6 Å². The summed E-state index contributed by atoms with van der Waals surface area (Å²) in [7, 11) is 0. The summed E-state index contributed by atoms with van der Waals surface area (Å²) in [5.74, 6) is 0.555. The Kier molecular flexibility index (Phi) is 8.08. The first kappa shape index (κ1) is 25.2. The number of hydrogen-bond donors (Lipinski definition) is 3. The summed E-state index contributed by atoms with van der Waals surface area (Å²) < 4.78 is 6.18. The molecule has 2 aromatic carbocycles. The van der Waals surface area contributed by atoms with Crippen molar-refractivity contribution < 1.29 is 9.53 Å². The second-order valence-electron chi connectivity index (χ2n) is 9.96. The van der Waals surface area contributed by atoms with E-state index in [1.54, 1.807) is 12.1 Å². The van der Waals surface area contributed by atoms with Crippen molar-refractivity contribution in [1.82, 2.24) is 4.90 Å². The van der Waals surface area contributed by atoms with Gasteiger partial charge < -0.3 is 21.1 Å². The molecule has 35 heavy (non-hydrogen) atoms. The van der Waals surface area contributed by atoms with Gasteiger partial charge in [-0.3, -0.25) is 15.1 Å². The number of anilines is 1. The lowest BCUT2D eigenvalue weighted by Crippen LogP contribution is -2.44. The molecule has 0 spiro atoms. The maximum absolute atomic E-state index is 13.6. The highest BCUT2D eigenvalue weighted by Crippen LogP contribution is 2.40. The van der Waals surface area contributed by atoms with Crippen LogP contribution in [0, 0.1) is 5.41 Å². The zero-order chi connectivity index (χ0) is 24.9. The van der Waals surface area contributed by atoms with Gasteiger partial charge in [-0.25, -0.2) is 0 Å². The highest BCUT2D eigenvalue weighted by Gasteiger charge is 2.35. The van der Waals surface area contributed by atoms with E-state index in [4.69, 9.17) is 21.6 Å². The van der Waals surface area contributed by atoms with Crippen LogP contribution in [0.25, 0.3) is 0 Å². The van der Waals surface area contributed by atoms with Gasteiger partial charge in [-0.1, -0.05) is 37.1 Å². The van der Waals surface area contributed by atoms with E-state index in [9.17, 15) is 4.79 Å². The molecule has 0 saturated carbocycles. The van der Waals surface area contributed by atoms with E-state index >= 15 is 0 Å². The molecule has 2 heterocycles. The number of rotatable bonds is 9. The molecule has 2 aliphatic rings. The van der Waals surface area contributed by atoms with Crippen molar-refractivity contribution >= 4 is 17.4 Å². The number of likely N-dealkylation sites (tertiary alicyclic amines) is 1. The molecule has 7 nitrogen and oxygen atoms in total. The number of hydrogen-bond acceptors (Lipinski definition) is 5. The summed E-state index contributed by atoms with van der Waals surface area (Å²) in [4.78, 5) is 18.1. The Morgan fingerprint density at radius 1 is 1.06 bits per heavy atom. The van der Waals surface area contributed by atoms with Gasteiger partial charge in [0, 0.05) is 36.3 Å². The second-order valence-corrected chi connectivity index (χ2v) is 9.96. The normalized spacial score (nSPS) is 22.5. The average Bonchev–Trinajstić information content (AvgIpc) is 2.86. The SMILES string of the molecule is C[C@@H]1CCC[C@H](C)N1CCCCCN1C(=O)C(c2cccc(C(=N)N)c2)Oc2ccc(CN)cc21. The number of amides is 1. The summed E-state index contributed by atoms with van der Waals surface area (Å²) in [5, 5.41) is 7.75. The number of nitrogens with zero attached hydrogens (tertiary/aromatic N) is 2. The lowest BCUT2D eigenvalue weighted by atomic mass is 9.97. The number of nitrogen functional groups attached to an aromatic ring is 1. The Labute approximate surface area is 208 Å². The zero-order valence-corrected chi connectivity index (χ0v) is 21.0. The first-order valence-electron chi connectivity index (χ1n) is 12.9. The smallest absolute Gasteiger partial charge is 0.272 e. The van der Waals surface area contributed by atoms with Crippen LogP contribution in [0.15, 0.2) is 42.5 Å². The molecule has 4 rings (SSSR count). The van der Waals surface area contributed by atoms with Crippen molar-refractivity contribution in [3.63, 3.8) is 0 Å². The lowest BCUT2D eigenvalue weighted by molar-refractivity contribution is -0.126. The highest BCUT2D eigenvalue weighted by molar-refractivity contribution is 6.01. The number of unbranched alkanes of at least 4 members (excludes halogenated alkanes) is 2. The number of nitrogens with two attached hydrogens (primary N) is 2. The number of ether oxygens (including phenoxy) is 1. The summed E-state index contributed by atoms with van der Waals surface area (Å²) >= 11 is 0. The Morgan fingerprint density at radius 2 is 1.80 bits per heavy atom. The molecule has 2 aromatic rings.